The second-order valence-electron chi connectivity index (χ2n) is 6.64. The summed E-state index contributed by atoms with van der Waals surface area (Å²) in [5, 5.41) is 0. The zero-order valence-electron chi connectivity index (χ0n) is 13.3. The van der Waals surface area contributed by atoms with Crippen LogP contribution in [0.2, 0.25) is 0 Å². The first-order valence-electron chi connectivity index (χ1n) is 8.57. The molecular formula is C18H27N3O. The van der Waals surface area contributed by atoms with Crippen molar-refractivity contribution in [1.29, 1.82) is 0 Å². The maximum absolute atomic E-state index is 12.5. The van der Waals surface area contributed by atoms with Crippen LogP contribution in [-0.2, 0) is 6.54 Å². The van der Waals surface area contributed by atoms with Gasteiger partial charge in [-0.2, -0.15) is 0 Å². The lowest BCUT2D eigenvalue weighted by atomic mass is 9.95. The van der Waals surface area contributed by atoms with E-state index in [1.165, 1.54) is 32.5 Å². The minimum atomic E-state index is 0.170. The summed E-state index contributed by atoms with van der Waals surface area (Å²) < 4.78 is 0. The van der Waals surface area contributed by atoms with Crippen LogP contribution in [0, 0.1) is 5.92 Å². The van der Waals surface area contributed by atoms with E-state index in [1.807, 2.05) is 29.2 Å². The highest BCUT2D eigenvalue weighted by Gasteiger charge is 2.25. The summed E-state index contributed by atoms with van der Waals surface area (Å²) >= 11 is 0. The maximum atomic E-state index is 12.5. The van der Waals surface area contributed by atoms with Crippen LogP contribution in [0.15, 0.2) is 24.3 Å². The highest BCUT2D eigenvalue weighted by Crippen LogP contribution is 2.22. The first kappa shape index (κ1) is 15.5. The van der Waals surface area contributed by atoms with Crippen molar-refractivity contribution in [3.8, 4) is 0 Å². The molecule has 0 saturated carbocycles. The molecule has 2 aliphatic heterocycles. The summed E-state index contributed by atoms with van der Waals surface area (Å²) in [7, 11) is 0. The molecule has 0 aliphatic carbocycles. The molecule has 0 spiro atoms. The summed E-state index contributed by atoms with van der Waals surface area (Å²) in [5.41, 5.74) is 7.46. The molecule has 2 heterocycles. The Balaban J connectivity index is 1.50. The fourth-order valence-electron chi connectivity index (χ4n) is 3.61. The Hall–Kier alpha value is -1.39. The minimum absolute atomic E-state index is 0.170. The van der Waals surface area contributed by atoms with E-state index in [0.717, 1.165) is 43.0 Å². The molecule has 120 valence electrons. The lowest BCUT2D eigenvalue weighted by Gasteiger charge is -2.34. The number of benzene rings is 1. The molecule has 3 rings (SSSR count). The fourth-order valence-corrected chi connectivity index (χ4v) is 3.61. The Morgan fingerprint density at radius 1 is 1.05 bits per heavy atom. The van der Waals surface area contributed by atoms with E-state index < -0.39 is 0 Å². The van der Waals surface area contributed by atoms with Crippen LogP contribution in [-0.4, -0.2) is 48.4 Å². The lowest BCUT2D eigenvalue weighted by Crippen LogP contribution is -2.41. The van der Waals surface area contributed by atoms with Crippen molar-refractivity contribution in [2.24, 2.45) is 11.7 Å². The molecule has 2 fully saturated rings. The number of hydrogen-bond donors (Lipinski definition) is 1. The highest BCUT2D eigenvalue weighted by molar-refractivity contribution is 5.94. The van der Waals surface area contributed by atoms with E-state index in [-0.39, 0.29) is 5.91 Å². The van der Waals surface area contributed by atoms with Crippen LogP contribution >= 0.6 is 0 Å². The average Bonchev–Trinajstić information content (AvgIpc) is 3.08. The number of nitrogens with zero attached hydrogens (tertiary/aromatic N) is 2. The molecule has 0 radical (unpaired) electrons. The molecule has 1 amide bonds. The Kier molecular flexibility index (Phi) is 5.11. The van der Waals surface area contributed by atoms with Gasteiger partial charge in [-0.1, -0.05) is 12.1 Å². The second kappa shape index (κ2) is 7.25. The third-order valence-corrected chi connectivity index (χ3v) is 5.05. The van der Waals surface area contributed by atoms with Gasteiger partial charge in [0.25, 0.3) is 5.91 Å². The van der Waals surface area contributed by atoms with Crippen LogP contribution in [0.4, 0.5) is 0 Å². The molecule has 1 aromatic rings. The molecule has 2 N–H and O–H groups in total. The molecule has 0 bridgehead atoms. The van der Waals surface area contributed by atoms with Gasteiger partial charge in [-0.25, -0.2) is 0 Å². The largest absolute Gasteiger partial charge is 0.339 e. The Labute approximate surface area is 133 Å². The molecule has 4 nitrogen and oxygen atoms in total. The quantitative estimate of drug-likeness (QED) is 0.926. The van der Waals surface area contributed by atoms with Crippen LogP contribution in [0.3, 0.4) is 0 Å². The molecule has 1 aromatic carbocycles. The van der Waals surface area contributed by atoms with Crippen LogP contribution in [0.5, 0.6) is 0 Å². The van der Waals surface area contributed by atoms with E-state index in [2.05, 4.69) is 4.90 Å². The molecule has 22 heavy (non-hydrogen) atoms. The molecule has 0 atom stereocenters. The first-order valence-corrected chi connectivity index (χ1v) is 8.57. The molecular weight excluding hydrogens is 274 g/mol. The standard InChI is InChI=1S/C18H27N3O/c19-13-15-3-5-17(6-4-15)18(22)21-11-7-16(8-12-21)14-20-9-1-2-10-20/h3-6,16H,1-2,7-14,19H2. The summed E-state index contributed by atoms with van der Waals surface area (Å²) in [5.74, 6) is 0.935. The van der Waals surface area contributed by atoms with E-state index in [9.17, 15) is 4.79 Å². The van der Waals surface area contributed by atoms with E-state index in [4.69, 9.17) is 5.73 Å². The van der Waals surface area contributed by atoms with Gasteiger partial charge in [-0.05, 0) is 62.4 Å². The van der Waals surface area contributed by atoms with Gasteiger partial charge in [-0.15, -0.1) is 0 Å². The van der Waals surface area contributed by atoms with Crippen molar-refractivity contribution in [1.82, 2.24) is 9.80 Å². The number of likely N-dealkylation sites (tertiary alicyclic amines) is 2. The van der Waals surface area contributed by atoms with E-state index >= 15 is 0 Å². The van der Waals surface area contributed by atoms with Gasteiger partial charge in [-0.3, -0.25) is 4.79 Å². The van der Waals surface area contributed by atoms with Gasteiger partial charge in [0.05, 0.1) is 0 Å². The Bertz CT molecular complexity index is 486. The van der Waals surface area contributed by atoms with Gasteiger partial charge < -0.3 is 15.5 Å². The van der Waals surface area contributed by atoms with Gasteiger partial charge >= 0.3 is 0 Å². The predicted octanol–water partition coefficient (Wildman–Crippen LogP) is 2.09. The fraction of sp³-hybridized carbons (Fsp3) is 0.611. The topological polar surface area (TPSA) is 49.6 Å². The van der Waals surface area contributed by atoms with Crippen molar-refractivity contribution in [3.05, 3.63) is 35.4 Å². The predicted molar refractivity (Wildman–Crippen MR) is 88.6 cm³/mol. The van der Waals surface area contributed by atoms with Gasteiger partial charge in [0.2, 0.25) is 0 Å². The van der Waals surface area contributed by atoms with Crippen LogP contribution in [0.1, 0.15) is 41.6 Å². The lowest BCUT2D eigenvalue weighted by molar-refractivity contribution is 0.0673. The number of carbonyl (C=O) groups is 1. The van der Waals surface area contributed by atoms with Crippen molar-refractivity contribution < 1.29 is 4.79 Å². The summed E-state index contributed by atoms with van der Waals surface area (Å²) in [6, 6.07) is 7.71. The zero-order chi connectivity index (χ0) is 15.4. The number of hydrogen-bond acceptors (Lipinski definition) is 3. The van der Waals surface area contributed by atoms with Gasteiger partial charge in [0, 0.05) is 31.7 Å². The van der Waals surface area contributed by atoms with Crippen LogP contribution < -0.4 is 5.73 Å². The molecule has 0 aromatic heterocycles. The smallest absolute Gasteiger partial charge is 0.253 e. The summed E-state index contributed by atoms with van der Waals surface area (Å²) in [6.45, 7) is 6.09. The SMILES string of the molecule is NCc1ccc(C(=O)N2CCC(CN3CCCC3)CC2)cc1. The van der Waals surface area contributed by atoms with Gasteiger partial charge in [0.1, 0.15) is 0 Å². The number of carbonyl (C=O) groups excluding carboxylic acids is 1. The number of piperidine rings is 1. The van der Waals surface area contributed by atoms with Crippen molar-refractivity contribution in [2.75, 3.05) is 32.7 Å². The van der Waals surface area contributed by atoms with Crippen molar-refractivity contribution >= 4 is 5.91 Å². The van der Waals surface area contributed by atoms with Crippen molar-refractivity contribution in [2.45, 2.75) is 32.2 Å². The molecule has 2 aliphatic rings. The molecule has 2 saturated heterocycles. The third kappa shape index (κ3) is 3.68. The Morgan fingerprint density at radius 2 is 1.68 bits per heavy atom. The summed E-state index contributed by atoms with van der Waals surface area (Å²) in [4.78, 5) is 17.1. The summed E-state index contributed by atoms with van der Waals surface area (Å²) in [6.07, 6.45) is 5.00. The first-order chi connectivity index (χ1) is 10.8. The zero-order valence-corrected chi connectivity index (χ0v) is 13.3. The number of rotatable bonds is 4. The monoisotopic (exact) mass is 301 g/mol. The van der Waals surface area contributed by atoms with Gasteiger partial charge in [0.15, 0.2) is 0 Å². The number of amides is 1. The second-order valence-corrected chi connectivity index (χ2v) is 6.64. The van der Waals surface area contributed by atoms with Crippen molar-refractivity contribution in [3.63, 3.8) is 0 Å². The van der Waals surface area contributed by atoms with E-state index in [1.54, 1.807) is 0 Å². The average molecular weight is 301 g/mol. The minimum Gasteiger partial charge on any atom is -0.339 e. The molecule has 4 heteroatoms. The normalized spacial score (nSPS) is 20.5. The molecule has 0 unspecified atom stereocenters. The number of nitrogens with two attached hydrogens (primary N) is 1. The third-order valence-electron chi connectivity index (χ3n) is 5.05. The maximum Gasteiger partial charge on any atom is 0.253 e. The van der Waals surface area contributed by atoms with Crippen LogP contribution in [0.25, 0.3) is 0 Å². The Morgan fingerprint density at radius 3 is 2.27 bits per heavy atom. The van der Waals surface area contributed by atoms with E-state index in [0.29, 0.717) is 6.54 Å². The highest BCUT2D eigenvalue weighted by atomic mass is 16.2.